The summed E-state index contributed by atoms with van der Waals surface area (Å²) in [6.07, 6.45) is 3.79. The molecule has 0 atom stereocenters. The number of piperidine rings is 1. The van der Waals surface area contributed by atoms with Gasteiger partial charge in [-0.25, -0.2) is 0 Å². The molecule has 0 aromatic carbocycles. The zero-order chi connectivity index (χ0) is 13.5. The van der Waals surface area contributed by atoms with Crippen molar-refractivity contribution in [2.75, 3.05) is 26.7 Å². The summed E-state index contributed by atoms with van der Waals surface area (Å²) in [5.74, 6) is 1.93. The van der Waals surface area contributed by atoms with Crippen LogP contribution in [0, 0.1) is 0 Å². The number of hydrogen-bond donors (Lipinski definition) is 1. The van der Waals surface area contributed by atoms with Crippen molar-refractivity contribution in [2.45, 2.75) is 45.4 Å². The van der Waals surface area contributed by atoms with Crippen LogP contribution in [0.2, 0.25) is 0 Å². The van der Waals surface area contributed by atoms with E-state index in [2.05, 4.69) is 24.2 Å². The van der Waals surface area contributed by atoms with Crippen molar-refractivity contribution >= 4 is 0 Å². The first-order chi connectivity index (χ1) is 9.28. The number of hydrogen-bond acceptors (Lipinski definition) is 4. The molecule has 1 N–H and O–H groups in total. The average Bonchev–Trinajstić information content (AvgIpc) is 2.86. The van der Waals surface area contributed by atoms with Gasteiger partial charge in [-0.3, -0.25) is 0 Å². The van der Waals surface area contributed by atoms with E-state index in [1.54, 1.807) is 0 Å². The first-order valence-corrected chi connectivity index (χ1v) is 7.36. The number of furan rings is 1. The van der Waals surface area contributed by atoms with Crippen molar-refractivity contribution in [1.82, 2.24) is 10.2 Å². The van der Waals surface area contributed by atoms with Gasteiger partial charge in [0.05, 0.1) is 12.6 Å². The summed E-state index contributed by atoms with van der Waals surface area (Å²) in [7, 11) is 2.17. The van der Waals surface area contributed by atoms with E-state index in [0.717, 1.165) is 57.0 Å². The number of rotatable bonds is 7. The molecule has 19 heavy (non-hydrogen) atoms. The molecule has 0 bridgehead atoms. The molecule has 0 unspecified atom stereocenters. The van der Waals surface area contributed by atoms with Crippen molar-refractivity contribution in [1.29, 1.82) is 0 Å². The minimum Gasteiger partial charge on any atom is -0.462 e. The molecule has 1 aromatic rings. The number of ether oxygens (including phenoxy) is 1. The second kappa shape index (κ2) is 7.68. The fourth-order valence-electron chi connectivity index (χ4n) is 2.33. The van der Waals surface area contributed by atoms with Crippen molar-refractivity contribution in [3.05, 3.63) is 23.7 Å². The highest BCUT2D eigenvalue weighted by Gasteiger charge is 2.17. The van der Waals surface area contributed by atoms with Crippen LogP contribution in [-0.4, -0.2) is 37.7 Å². The van der Waals surface area contributed by atoms with Crippen LogP contribution in [0.1, 0.15) is 37.7 Å². The van der Waals surface area contributed by atoms with Gasteiger partial charge < -0.3 is 19.4 Å². The normalized spacial score (nSPS) is 18.0. The standard InChI is InChI=1S/C15H26N2O2/c1-3-8-16-11-14-4-5-15(19-14)12-18-13-6-9-17(2)10-7-13/h4-5,13,16H,3,6-12H2,1-2H3. The number of nitrogens with zero attached hydrogens (tertiary/aromatic N) is 1. The van der Waals surface area contributed by atoms with Crippen LogP contribution in [-0.2, 0) is 17.9 Å². The van der Waals surface area contributed by atoms with Crippen molar-refractivity contribution in [2.24, 2.45) is 0 Å². The fraction of sp³-hybridized carbons (Fsp3) is 0.733. The van der Waals surface area contributed by atoms with Crippen LogP contribution in [0.15, 0.2) is 16.5 Å². The molecule has 108 valence electrons. The lowest BCUT2D eigenvalue weighted by Gasteiger charge is -2.28. The summed E-state index contributed by atoms with van der Waals surface area (Å²) in [4.78, 5) is 2.35. The summed E-state index contributed by atoms with van der Waals surface area (Å²) in [5.41, 5.74) is 0. The maximum atomic E-state index is 5.92. The van der Waals surface area contributed by atoms with Crippen LogP contribution < -0.4 is 5.32 Å². The molecule has 1 aliphatic heterocycles. The predicted molar refractivity (Wildman–Crippen MR) is 76.0 cm³/mol. The van der Waals surface area contributed by atoms with Gasteiger partial charge in [-0.15, -0.1) is 0 Å². The molecule has 4 nitrogen and oxygen atoms in total. The van der Waals surface area contributed by atoms with E-state index >= 15 is 0 Å². The third kappa shape index (κ3) is 4.97. The lowest BCUT2D eigenvalue weighted by atomic mass is 10.1. The van der Waals surface area contributed by atoms with Crippen molar-refractivity contribution < 1.29 is 9.15 Å². The molecule has 0 saturated carbocycles. The Labute approximate surface area is 116 Å². The summed E-state index contributed by atoms with van der Waals surface area (Å²) < 4.78 is 11.7. The molecule has 1 aliphatic rings. The lowest BCUT2D eigenvalue weighted by molar-refractivity contribution is -0.00512. The molecular weight excluding hydrogens is 240 g/mol. The van der Waals surface area contributed by atoms with E-state index in [4.69, 9.17) is 9.15 Å². The van der Waals surface area contributed by atoms with Crippen molar-refractivity contribution in [3.8, 4) is 0 Å². The first kappa shape index (κ1) is 14.6. The maximum Gasteiger partial charge on any atom is 0.129 e. The average molecular weight is 266 g/mol. The molecule has 1 saturated heterocycles. The minimum atomic E-state index is 0.392. The molecule has 1 aromatic heterocycles. The van der Waals surface area contributed by atoms with E-state index in [1.165, 1.54) is 0 Å². The third-order valence-corrected chi connectivity index (χ3v) is 3.57. The summed E-state index contributed by atoms with van der Waals surface area (Å²) in [6.45, 7) is 6.87. The van der Waals surface area contributed by atoms with Crippen LogP contribution in [0.4, 0.5) is 0 Å². The maximum absolute atomic E-state index is 5.92. The van der Waals surface area contributed by atoms with Crippen LogP contribution >= 0.6 is 0 Å². The molecule has 0 aliphatic carbocycles. The molecule has 0 spiro atoms. The zero-order valence-corrected chi connectivity index (χ0v) is 12.2. The second-order valence-electron chi connectivity index (χ2n) is 5.36. The van der Waals surface area contributed by atoms with Gasteiger partial charge in [-0.2, -0.15) is 0 Å². The Kier molecular flexibility index (Phi) is 5.89. The monoisotopic (exact) mass is 266 g/mol. The largest absolute Gasteiger partial charge is 0.462 e. The van der Waals surface area contributed by atoms with Crippen LogP contribution in [0.5, 0.6) is 0 Å². The molecule has 2 heterocycles. The quantitative estimate of drug-likeness (QED) is 0.769. The summed E-state index contributed by atoms with van der Waals surface area (Å²) in [6, 6.07) is 4.06. The minimum absolute atomic E-state index is 0.392. The van der Waals surface area contributed by atoms with Gasteiger partial charge in [-0.05, 0) is 45.0 Å². The Balaban J connectivity index is 1.68. The SMILES string of the molecule is CCCNCc1ccc(COC2CCN(C)CC2)o1. The molecule has 1 fully saturated rings. The first-order valence-electron chi connectivity index (χ1n) is 7.36. The van der Waals surface area contributed by atoms with Gasteiger partial charge in [0.25, 0.3) is 0 Å². The smallest absolute Gasteiger partial charge is 0.129 e. The van der Waals surface area contributed by atoms with Gasteiger partial charge in [-0.1, -0.05) is 6.92 Å². The number of nitrogens with one attached hydrogen (secondary N) is 1. The zero-order valence-electron chi connectivity index (χ0n) is 12.2. The van der Waals surface area contributed by atoms with Crippen LogP contribution in [0.25, 0.3) is 0 Å². The topological polar surface area (TPSA) is 37.6 Å². The Morgan fingerprint density at radius 1 is 1.32 bits per heavy atom. The van der Waals surface area contributed by atoms with Gasteiger partial charge >= 0.3 is 0 Å². The molecule has 0 radical (unpaired) electrons. The van der Waals surface area contributed by atoms with E-state index in [1.807, 2.05) is 12.1 Å². The summed E-state index contributed by atoms with van der Waals surface area (Å²) >= 11 is 0. The van der Waals surface area contributed by atoms with E-state index in [0.29, 0.717) is 12.7 Å². The Hall–Kier alpha value is -0.840. The van der Waals surface area contributed by atoms with E-state index in [-0.39, 0.29) is 0 Å². The van der Waals surface area contributed by atoms with Gasteiger partial charge in [0, 0.05) is 13.1 Å². The highest BCUT2D eigenvalue weighted by atomic mass is 16.5. The van der Waals surface area contributed by atoms with E-state index < -0.39 is 0 Å². The molecule has 2 rings (SSSR count). The molecule has 4 heteroatoms. The lowest BCUT2D eigenvalue weighted by Crippen LogP contribution is -2.34. The van der Waals surface area contributed by atoms with Gasteiger partial charge in [0.1, 0.15) is 18.1 Å². The Morgan fingerprint density at radius 3 is 2.79 bits per heavy atom. The highest BCUT2D eigenvalue weighted by Crippen LogP contribution is 2.16. The Bertz CT molecular complexity index is 357. The summed E-state index contributed by atoms with van der Waals surface area (Å²) in [5, 5.41) is 3.33. The molecule has 0 amide bonds. The highest BCUT2D eigenvalue weighted by molar-refractivity contribution is 5.06. The van der Waals surface area contributed by atoms with Gasteiger partial charge in [0.15, 0.2) is 0 Å². The third-order valence-electron chi connectivity index (χ3n) is 3.57. The fourth-order valence-corrected chi connectivity index (χ4v) is 2.33. The van der Waals surface area contributed by atoms with Gasteiger partial charge in [0.2, 0.25) is 0 Å². The van der Waals surface area contributed by atoms with Crippen LogP contribution in [0.3, 0.4) is 0 Å². The predicted octanol–water partition coefficient (Wildman–Crippen LogP) is 2.39. The number of likely N-dealkylation sites (tertiary alicyclic amines) is 1. The van der Waals surface area contributed by atoms with E-state index in [9.17, 15) is 0 Å². The molecular formula is C15H26N2O2. The van der Waals surface area contributed by atoms with Crippen molar-refractivity contribution in [3.63, 3.8) is 0 Å². The Morgan fingerprint density at radius 2 is 2.05 bits per heavy atom. The second-order valence-corrected chi connectivity index (χ2v) is 5.36.